The van der Waals surface area contributed by atoms with Crippen LogP contribution < -0.4 is 4.74 Å². The van der Waals surface area contributed by atoms with E-state index in [2.05, 4.69) is 58.8 Å². The Hall–Kier alpha value is -2.01. The van der Waals surface area contributed by atoms with Crippen molar-refractivity contribution in [2.75, 3.05) is 0 Å². The number of hydrogen-bond donors (Lipinski definition) is 0. The highest BCUT2D eigenvalue weighted by Crippen LogP contribution is 2.34. The van der Waals surface area contributed by atoms with Gasteiger partial charge in [-0.05, 0) is 72.2 Å². The molecule has 136 valence electrons. The standard InChI is InChI=1S/C21H18BrF3O/c1-13-10-18(11-14(2)20(13)22)17-5-3-4-16(12-17)15-6-8-19(9-7-15)26-21(23,24)25/h5-12H,3-4H2,1-2H3. The van der Waals surface area contributed by atoms with Crippen molar-refractivity contribution < 1.29 is 17.9 Å². The number of allylic oxidation sites excluding steroid dienone is 4. The van der Waals surface area contributed by atoms with Gasteiger partial charge in [-0.1, -0.05) is 52.3 Å². The molecule has 1 nitrogen and oxygen atoms in total. The van der Waals surface area contributed by atoms with E-state index in [4.69, 9.17) is 0 Å². The van der Waals surface area contributed by atoms with Crippen LogP contribution in [0.15, 0.2) is 53.0 Å². The Labute approximate surface area is 159 Å². The number of ether oxygens (including phenoxy) is 1. The van der Waals surface area contributed by atoms with Crippen molar-refractivity contribution in [3.05, 3.63) is 75.3 Å². The average Bonchev–Trinajstić information content (AvgIpc) is 2.58. The van der Waals surface area contributed by atoms with Gasteiger partial charge in [-0.15, -0.1) is 13.2 Å². The Morgan fingerprint density at radius 1 is 0.962 bits per heavy atom. The van der Waals surface area contributed by atoms with E-state index >= 15 is 0 Å². The molecule has 2 aromatic rings. The van der Waals surface area contributed by atoms with Gasteiger partial charge in [0.05, 0.1) is 0 Å². The van der Waals surface area contributed by atoms with Crippen LogP contribution in [0.2, 0.25) is 0 Å². The summed E-state index contributed by atoms with van der Waals surface area (Å²) in [6, 6.07) is 10.3. The molecule has 3 rings (SSSR count). The number of halogens is 4. The average molecular weight is 423 g/mol. The van der Waals surface area contributed by atoms with Crippen LogP contribution in [0, 0.1) is 13.8 Å². The molecule has 0 unspecified atom stereocenters. The number of aryl methyl sites for hydroxylation is 2. The van der Waals surface area contributed by atoms with Gasteiger partial charge in [0.1, 0.15) is 5.75 Å². The predicted molar refractivity (Wildman–Crippen MR) is 102 cm³/mol. The van der Waals surface area contributed by atoms with E-state index < -0.39 is 6.36 Å². The molecular formula is C21H18BrF3O. The molecule has 1 aliphatic carbocycles. The summed E-state index contributed by atoms with van der Waals surface area (Å²) < 4.78 is 41.9. The summed E-state index contributed by atoms with van der Waals surface area (Å²) in [6.45, 7) is 4.13. The Balaban J connectivity index is 1.87. The lowest BCUT2D eigenvalue weighted by Crippen LogP contribution is -2.17. The summed E-state index contributed by atoms with van der Waals surface area (Å²) in [5, 5.41) is 0. The zero-order valence-corrected chi connectivity index (χ0v) is 16.0. The zero-order valence-electron chi connectivity index (χ0n) is 14.5. The Morgan fingerprint density at radius 2 is 1.58 bits per heavy atom. The van der Waals surface area contributed by atoms with Gasteiger partial charge < -0.3 is 4.74 Å². The smallest absolute Gasteiger partial charge is 0.406 e. The molecule has 0 saturated carbocycles. The third kappa shape index (κ3) is 4.39. The Morgan fingerprint density at radius 3 is 2.15 bits per heavy atom. The van der Waals surface area contributed by atoms with E-state index in [-0.39, 0.29) is 5.75 Å². The molecule has 0 fully saturated rings. The summed E-state index contributed by atoms with van der Waals surface area (Å²) in [6.07, 6.45) is 1.41. The molecule has 0 bridgehead atoms. The fraction of sp³-hybridized carbons (Fsp3) is 0.238. The van der Waals surface area contributed by atoms with E-state index in [0.717, 1.165) is 39.6 Å². The molecule has 0 aromatic heterocycles. The van der Waals surface area contributed by atoms with Crippen LogP contribution in [-0.4, -0.2) is 6.36 Å². The minimum Gasteiger partial charge on any atom is -0.406 e. The first-order valence-corrected chi connectivity index (χ1v) is 9.06. The second-order valence-corrected chi connectivity index (χ2v) is 7.16. The second kappa shape index (κ2) is 7.31. The third-order valence-electron chi connectivity index (χ3n) is 4.34. The number of rotatable bonds is 3. The highest BCUT2D eigenvalue weighted by Gasteiger charge is 2.31. The summed E-state index contributed by atoms with van der Waals surface area (Å²) in [7, 11) is 0. The van der Waals surface area contributed by atoms with Crippen LogP contribution in [-0.2, 0) is 0 Å². The first-order valence-electron chi connectivity index (χ1n) is 8.27. The fourth-order valence-corrected chi connectivity index (χ4v) is 3.34. The molecule has 2 aromatic carbocycles. The van der Waals surface area contributed by atoms with Gasteiger partial charge in [-0.25, -0.2) is 0 Å². The van der Waals surface area contributed by atoms with Crippen molar-refractivity contribution in [1.29, 1.82) is 0 Å². The number of alkyl halides is 3. The molecule has 0 atom stereocenters. The highest BCUT2D eigenvalue weighted by atomic mass is 79.9. The molecule has 26 heavy (non-hydrogen) atoms. The monoisotopic (exact) mass is 422 g/mol. The highest BCUT2D eigenvalue weighted by molar-refractivity contribution is 9.10. The van der Waals surface area contributed by atoms with Gasteiger partial charge in [0, 0.05) is 4.47 Å². The van der Waals surface area contributed by atoms with Crippen molar-refractivity contribution in [1.82, 2.24) is 0 Å². The number of hydrogen-bond acceptors (Lipinski definition) is 1. The molecule has 0 spiro atoms. The van der Waals surface area contributed by atoms with Gasteiger partial charge >= 0.3 is 6.36 Å². The minimum atomic E-state index is -4.67. The lowest BCUT2D eigenvalue weighted by atomic mass is 9.90. The van der Waals surface area contributed by atoms with Crippen molar-refractivity contribution in [2.45, 2.75) is 33.1 Å². The maximum Gasteiger partial charge on any atom is 0.573 e. The molecule has 1 aliphatic rings. The van der Waals surface area contributed by atoms with Crippen molar-refractivity contribution in [2.24, 2.45) is 0 Å². The van der Waals surface area contributed by atoms with E-state index in [1.165, 1.54) is 23.3 Å². The van der Waals surface area contributed by atoms with Gasteiger partial charge in [0.2, 0.25) is 0 Å². The van der Waals surface area contributed by atoms with Gasteiger partial charge in [-0.3, -0.25) is 0 Å². The first-order chi connectivity index (χ1) is 12.2. The second-order valence-electron chi connectivity index (χ2n) is 6.36. The van der Waals surface area contributed by atoms with E-state index in [9.17, 15) is 13.2 Å². The lowest BCUT2D eigenvalue weighted by molar-refractivity contribution is -0.274. The summed E-state index contributed by atoms with van der Waals surface area (Å²) in [4.78, 5) is 0. The van der Waals surface area contributed by atoms with E-state index in [0.29, 0.717) is 0 Å². The Kier molecular flexibility index (Phi) is 5.28. The molecule has 0 radical (unpaired) electrons. The van der Waals surface area contributed by atoms with Gasteiger partial charge in [0.25, 0.3) is 0 Å². The fourth-order valence-electron chi connectivity index (χ4n) is 3.11. The normalized spacial score (nSPS) is 14.7. The molecule has 0 amide bonds. The van der Waals surface area contributed by atoms with Crippen LogP contribution in [0.1, 0.15) is 35.1 Å². The third-order valence-corrected chi connectivity index (χ3v) is 5.59. The van der Waals surface area contributed by atoms with Crippen molar-refractivity contribution in [3.63, 3.8) is 0 Å². The first kappa shape index (κ1) is 18.8. The topological polar surface area (TPSA) is 9.23 Å². The van der Waals surface area contributed by atoms with Crippen LogP contribution in [0.3, 0.4) is 0 Å². The quantitative estimate of drug-likeness (QED) is 0.506. The lowest BCUT2D eigenvalue weighted by Gasteiger charge is -2.17. The number of benzene rings is 2. The molecule has 0 heterocycles. The van der Waals surface area contributed by atoms with E-state index in [1.54, 1.807) is 12.1 Å². The van der Waals surface area contributed by atoms with Crippen LogP contribution in [0.25, 0.3) is 11.1 Å². The zero-order chi connectivity index (χ0) is 18.9. The molecule has 0 aliphatic heterocycles. The van der Waals surface area contributed by atoms with Crippen LogP contribution in [0.5, 0.6) is 5.75 Å². The maximum absolute atomic E-state index is 12.3. The molecule has 0 saturated heterocycles. The van der Waals surface area contributed by atoms with Crippen molar-refractivity contribution >= 4 is 27.1 Å². The van der Waals surface area contributed by atoms with Gasteiger partial charge in [0.15, 0.2) is 0 Å². The van der Waals surface area contributed by atoms with Crippen molar-refractivity contribution in [3.8, 4) is 5.75 Å². The van der Waals surface area contributed by atoms with Crippen LogP contribution >= 0.6 is 15.9 Å². The van der Waals surface area contributed by atoms with E-state index in [1.807, 2.05) is 0 Å². The minimum absolute atomic E-state index is 0.201. The summed E-state index contributed by atoms with van der Waals surface area (Å²) in [5.41, 5.74) is 6.66. The summed E-state index contributed by atoms with van der Waals surface area (Å²) in [5.74, 6) is -0.201. The predicted octanol–water partition coefficient (Wildman–Crippen LogP) is 7.23. The largest absolute Gasteiger partial charge is 0.573 e. The van der Waals surface area contributed by atoms with Gasteiger partial charge in [-0.2, -0.15) is 0 Å². The summed E-state index contributed by atoms with van der Waals surface area (Å²) >= 11 is 3.59. The molecule has 5 heteroatoms. The maximum atomic E-state index is 12.3. The SMILES string of the molecule is Cc1cc(C2=CCCC(c3ccc(OC(F)(F)F)cc3)=C2)cc(C)c1Br. The molecular weight excluding hydrogens is 405 g/mol. The Bertz CT molecular complexity index is 854. The molecule has 0 N–H and O–H groups in total. The van der Waals surface area contributed by atoms with Crippen LogP contribution in [0.4, 0.5) is 13.2 Å².